The van der Waals surface area contributed by atoms with Crippen LogP contribution >= 0.6 is 11.6 Å². The minimum atomic E-state index is -4.73. The van der Waals surface area contributed by atoms with E-state index >= 15 is 4.39 Å². The van der Waals surface area contributed by atoms with E-state index in [-0.39, 0.29) is 40.6 Å². The van der Waals surface area contributed by atoms with Gasteiger partial charge >= 0.3 is 6.18 Å². The number of aliphatic hydroxyl groups is 2. The molecule has 4 rings (SSSR count). The summed E-state index contributed by atoms with van der Waals surface area (Å²) in [5.41, 5.74) is -6.24. The van der Waals surface area contributed by atoms with Crippen LogP contribution in [0, 0.1) is 0 Å². The van der Waals surface area contributed by atoms with E-state index in [2.05, 4.69) is 10.3 Å². The second-order valence-electron chi connectivity index (χ2n) is 9.01. The molecule has 1 aliphatic rings. The zero-order valence-corrected chi connectivity index (χ0v) is 20.6. The van der Waals surface area contributed by atoms with Crippen molar-refractivity contribution in [2.45, 2.75) is 30.8 Å². The topological polar surface area (TPSA) is 103 Å². The van der Waals surface area contributed by atoms with Crippen molar-refractivity contribution >= 4 is 34.9 Å². The number of amides is 2. The number of carbonyl (C=O) groups is 2. The molecule has 0 aliphatic carbocycles. The van der Waals surface area contributed by atoms with Crippen LogP contribution in [-0.2, 0) is 11.8 Å². The summed E-state index contributed by atoms with van der Waals surface area (Å²) < 4.78 is 55.3. The fraction of sp³-hybridized carbons (Fsp3) is 0.269. The van der Waals surface area contributed by atoms with Crippen molar-refractivity contribution < 1.29 is 37.4 Å². The van der Waals surface area contributed by atoms with E-state index in [9.17, 15) is 33.0 Å². The second kappa shape index (κ2) is 9.97. The van der Waals surface area contributed by atoms with Gasteiger partial charge in [-0.3, -0.25) is 9.59 Å². The molecule has 12 heteroatoms. The molecule has 0 radical (unpaired) electrons. The van der Waals surface area contributed by atoms with Crippen LogP contribution in [0.15, 0.2) is 60.8 Å². The van der Waals surface area contributed by atoms with Gasteiger partial charge in [0.15, 0.2) is 0 Å². The molecule has 7 nitrogen and oxygen atoms in total. The predicted molar refractivity (Wildman–Crippen MR) is 132 cm³/mol. The SMILES string of the molecule is CC1(F)CCN(C(=O)c2ccc(NC(=O)c3ccccc3C(F)(F)F)nc2)c2ccc(Cl)cc2C1(O)CO. The molecule has 1 aliphatic heterocycles. The molecule has 0 saturated carbocycles. The van der Waals surface area contributed by atoms with E-state index in [1.165, 1.54) is 47.4 Å². The Labute approximate surface area is 219 Å². The maximum Gasteiger partial charge on any atom is 0.417 e. The van der Waals surface area contributed by atoms with Crippen LogP contribution in [0.1, 0.15) is 45.2 Å². The van der Waals surface area contributed by atoms with Crippen molar-refractivity contribution in [3.8, 4) is 0 Å². The Bertz CT molecular complexity index is 1380. The van der Waals surface area contributed by atoms with E-state index in [0.717, 1.165) is 25.3 Å². The van der Waals surface area contributed by atoms with Crippen LogP contribution in [0.4, 0.5) is 29.1 Å². The van der Waals surface area contributed by atoms with Gasteiger partial charge in [-0.1, -0.05) is 23.7 Å². The predicted octanol–water partition coefficient (Wildman–Crippen LogP) is 4.96. The highest BCUT2D eigenvalue weighted by molar-refractivity contribution is 6.30. The number of nitrogens with one attached hydrogen (secondary N) is 1. The van der Waals surface area contributed by atoms with Gasteiger partial charge in [-0.05, 0) is 49.4 Å². The number of aromatic nitrogens is 1. The number of alkyl halides is 4. The van der Waals surface area contributed by atoms with Crippen LogP contribution in [0.2, 0.25) is 5.02 Å². The Hall–Kier alpha value is -3.54. The van der Waals surface area contributed by atoms with Crippen molar-refractivity contribution in [2.24, 2.45) is 0 Å². The van der Waals surface area contributed by atoms with Crippen molar-refractivity contribution in [1.29, 1.82) is 0 Å². The van der Waals surface area contributed by atoms with Crippen molar-refractivity contribution in [2.75, 3.05) is 23.4 Å². The largest absolute Gasteiger partial charge is 0.417 e. The smallest absolute Gasteiger partial charge is 0.393 e. The van der Waals surface area contributed by atoms with Crippen molar-refractivity contribution in [1.82, 2.24) is 4.98 Å². The minimum Gasteiger partial charge on any atom is -0.393 e. The Morgan fingerprint density at radius 2 is 1.87 bits per heavy atom. The second-order valence-corrected chi connectivity index (χ2v) is 9.45. The van der Waals surface area contributed by atoms with E-state index in [4.69, 9.17) is 11.6 Å². The molecular formula is C26H22ClF4N3O4. The molecule has 200 valence electrons. The van der Waals surface area contributed by atoms with Crippen molar-refractivity contribution in [3.05, 3.63) is 88.1 Å². The molecule has 2 atom stereocenters. The molecule has 0 spiro atoms. The first-order chi connectivity index (χ1) is 17.8. The molecule has 0 fully saturated rings. The third-order valence-electron chi connectivity index (χ3n) is 6.57. The molecule has 38 heavy (non-hydrogen) atoms. The number of aliphatic hydroxyl groups excluding tert-OH is 1. The van der Waals surface area contributed by atoms with Gasteiger partial charge in [0.05, 0.1) is 29.0 Å². The Balaban J connectivity index is 1.61. The van der Waals surface area contributed by atoms with E-state index < -0.39 is 47.0 Å². The quantitative estimate of drug-likeness (QED) is 0.398. The summed E-state index contributed by atoms with van der Waals surface area (Å²) in [5.74, 6) is -1.76. The first-order valence-electron chi connectivity index (χ1n) is 11.4. The highest BCUT2D eigenvalue weighted by atomic mass is 35.5. The standard InChI is InChI=1S/C26H22ClF4N3O4/c1-24(28)10-11-34(20-8-7-16(27)12-19(20)25(24,38)14-35)23(37)15-6-9-21(32-13-15)33-22(36)17-4-2-3-5-18(17)26(29,30)31/h2-9,12-13,35,38H,10-11,14H2,1H3,(H,32,33,36). The summed E-state index contributed by atoms with van der Waals surface area (Å²) in [6, 6.07) is 11.0. The number of hydrogen-bond acceptors (Lipinski definition) is 5. The number of fused-ring (bicyclic) bond motifs is 1. The maximum atomic E-state index is 15.5. The number of anilines is 2. The van der Waals surface area contributed by atoms with Crippen LogP contribution in [0.5, 0.6) is 0 Å². The fourth-order valence-electron chi connectivity index (χ4n) is 4.33. The molecule has 2 unspecified atom stereocenters. The summed E-state index contributed by atoms with van der Waals surface area (Å²) in [5, 5.41) is 23.4. The average molecular weight is 552 g/mol. The van der Waals surface area contributed by atoms with E-state index in [1.807, 2.05) is 0 Å². The monoisotopic (exact) mass is 551 g/mol. The molecule has 3 N–H and O–H groups in total. The minimum absolute atomic E-state index is 0.0228. The number of carbonyl (C=O) groups excluding carboxylic acids is 2. The molecule has 2 heterocycles. The molecule has 2 amide bonds. The lowest BCUT2D eigenvalue weighted by atomic mass is 9.79. The van der Waals surface area contributed by atoms with Crippen LogP contribution in [-0.4, -0.2) is 45.8 Å². The summed E-state index contributed by atoms with van der Waals surface area (Å²) >= 11 is 6.06. The average Bonchev–Trinajstić information content (AvgIpc) is 2.96. The summed E-state index contributed by atoms with van der Waals surface area (Å²) in [4.78, 5) is 31.1. The highest BCUT2D eigenvalue weighted by Crippen LogP contribution is 2.46. The van der Waals surface area contributed by atoms with E-state index in [1.54, 1.807) is 0 Å². The first kappa shape index (κ1) is 27.5. The number of hydrogen-bond donors (Lipinski definition) is 3. The Kier molecular flexibility index (Phi) is 7.21. The number of rotatable bonds is 4. The van der Waals surface area contributed by atoms with Gasteiger partial charge in [-0.15, -0.1) is 0 Å². The summed E-state index contributed by atoms with van der Waals surface area (Å²) in [6.45, 7) is 0.0100. The Morgan fingerprint density at radius 1 is 1.16 bits per heavy atom. The third kappa shape index (κ3) is 4.96. The zero-order chi connectivity index (χ0) is 27.9. The lowest BCUT2D eigenvalue weighted by Gasteiger charge is -2.37. The number of nitrogens with zero attached hydrogens (tertiary/aromatic N) is 2. The maximum absolute atomic E-state index is 15.5. The van der Waals surface area contributed by atoms with Gasteiger partial charge in [0, 0.05) is 29.7 Å². The number of halogens is 5. The fourth-order valence-corrected chi connectivity index (χ4v) is 4.50. The zero-order valence-electron chi connectivity index (χ0n) is 19.9. The molecule has 3 aromatic rings. The summed E-state index contributed by atoms with van der Waals surface area (Å²) in [6.07, 6.45) is -3.94. The van der Waals surface area contributed by atoms with Crippen LogP contribution in [0.3, 0.4) is 0 Å². The van der Waals surface area contributed by atoms with E-state index in [0.29, 0.717) is 0 Å². The van der Waals surface area contributed by atoms with Crippen LogP contribution < -0.4 is 10.2 Å². The molecule has 1 aromatic heterocycles. The first-order valence-corrected chi connectivity index (χ1v) is 11.7. The van der Waals surface area contributed by atoms with Gasteiger partial charge in [0.1, 0.15) is 17.1 Å². The van der Waals surface area contributed by atoms with Gasteiger partial charge in [-0.2, -0.15) is 13.2 Å². The van der Waals surface area contributed by atoms with Crippen LogP contribution in [0.25, 0.3) is 0 Å². The molecule has 0 bridgehead atoms. The molecule has 2 aromatic carbocycles. The molecule has 0 saturated heterocycles. The normalized spacial score (nSPS) is 21.4. The van der Waals surface area contributed by atoms with Crippen molar-refractivity contribution in [3.63, 3.8) is 0 Å². The molecular weight excluding hydrogens is 530 g/mol. The van der Waals surface area contributed by atoms with Gasteiger partial charge < -0.3 is 20.4 Å². The number of pyridine rings is 1. The lowest BCUT2D eigenvalue weighted by Crippen LogP contribution is -2.49. The van der Waals surface area contributed by atoms with Gasteiger partial charge in [0.2, 0.25) is 0 Å². The third-order valence-corrected chi connectivity index (χ3v) is 6.80. The number of benzene rings is 2. The van der Waals surface area contributed by atoms with Gasteiger partial charge in [0.25, 0.3) is 11.8 Å². The highest BCUT2D eigenvalue weighted by Gasteiger charge is 2.52. The Morgan fingerprint density at radius 3 is 2.50 bits per heavy atom. The van der Waals surface area contributed by atoms with Gasteiger partial charge in [-0.25, -0.2) is 9.37 Å². The summed E-state index contributed by atoms with van der Waals surface area (Å²) in [7, 11) is 0. The lowest BCUT2D eigenvalue weighted by molar-refractivity contribution is -0.137.